The maximum Gasteiger partial charge on any atom is 0.358 e. The summed E-state index contributed by atoms with van der Waals surface area (Å²) in [5.41, 5.74) is 2.01. The van der Waals surface area contributed by atoms with Crippen molar-refractivity contribution in [2.24, 2.45) is 0 Å². The molecule has 0 aliphatic heterocycles. The van der Waals surface area contributed by atoms with Crippen LogP contribution in [0.3, 0.4) is 0 Å². The van der Waals surface area contributed by atoms with Crippen molar-refractivity contribution >= 4 is 33.2 Å². The summed E-state index contributed by atoms with van der Waals surface area (Å²) >= 11 is 6.25. The van der Waals surface area contributed by atoms with E-state index in [-0.39, 0.29) is 16.7 Å². The Kier molecular flexibility index (Phi) is 5.62. The lowest BCUT2D eigenvalue weighted by Crippen LogP contribution is -2.07. The fourth-order valence-corrected chi connectivity index (χ4v) is 3.19. The summed E-state index contributed by atoms with van der Waals surface area (Å²) < 4.78 is 17.8. The van der Waals surface area contributed by atoms with Gasteiger partial charge < -0.3 is 4.74 Å². The van der Waals surface area contributed by atoms with E-state index in [9.17, 15) is 9.18 Å². The lowest BCUT2D eigenvalue weighted by atomic mass is 10.0. The number of hydrogen-bond acceptors (Lipinski definition) is 4. The van der Waals surface area contributed by atoms with Gasteiger partial charge in [0, 0.05) is 5.57 Å². The highest BCUT2D eigenvalue weighted by Gasteiger charge is 2.17. The summed E-state index contributed by atoms with van der Waals surface area (Å²) in [4.78, 5) is 19.9. The molecule has 0 radical (unpaired) electrons. The SMILES string of the molecule is COC(=O)c1cnc(/C(=C/S(C)(C)C)c2ccc(F)cc2)c(Cl)n1. The van der Waals surface area contributed by atoms with Crippen molar-refractivity contribution in [2.45, 2.75) is 0 Å². The molecule has 2 rings (SSSR count). The van der Waals surface area contributed by atoms with Crippen LogP contribution >= 0.6 is 21.6 Å². The molecule has 0 fully saturated rings. The summed E-state index contributed by atoms with van der Waals surface area (Å²) in [6.07, 6.45) is 7.66. The largest absolute Gasteiger partial charge is 0.464 e. The Morgan fingerprint density at radius 1 is 1.25 bits per heavy atom. The molecule has 0 aliphatic carbocycles. The number of halogens is 2. The predicted octanol–water partition coefficient (Wildman–Crippen LogP) is 4.14. The Balaban J connectivity index is 2.58. The molecule has 4 nitrogen and oxygen atoms in total. The number of esters is 1. The Labute approximate surface area is 147 Å². The molecule has 128 valence electrons. The van der Waals surface area contributed by atoms with Crippen LogP contribution in [0.5, 0.6) is 0 Å². The molecule has 0 saturated heterocycles. The van der Waals surface area contributed by atoms with Gasteiger partial charge in [-0.25, -0.2) is 24.2 Å². The van der Waals surface area contributed by atoms with Crippen molar-refractivity contribution in [2.75, 3.05) is 25.9 Å². The first kappa shape index (κ1) is 18.4. The molecule has 0 unspecified atom stereocenters. The molecule has 24 heavy (non-hydrogen) atoms. The molecule has 0 spiro atoms. The number of aromatic nitrogens is 2. The smallest absolute Gasteiger partial charge is 0.358 e. The second-order valence-corrected chi connectivity index (χ2v) is 10.3. The fraction of sp³-hybridized carbons (Fsp3) is 0.235. The quantitative estimate of drug-likeness (QED) is 0.761. The Morgan fingerprint density at radius 3 is 2.38 bits per heavy atom. The van der Waals surface area contributed by atoms with Gasteiger partial charge in [0.15, 0.2) is 10.8 Å². The van der Waals surface area contributed by atoms with E-state index < -0.39 is 16.0 Å². The number of methoxy groups -OCH3 is 1. The summed E-state index contributed by atoms with van der Waals surface area (Å²) in [5, 5.41) is 2.16. The topological polar surface area (TPSA) is 52.1 Å². The maximum absolute atomic E-state index is 13.2. The van der Waals surface area contributed by atoms with Crippen LogP contribution in [0.15, 0.2) is 35.9 Å². The van der Waals surface area contributed by atoms with Crippen molar-refractivity contribution < 1.29 is 13.9 Å². The van der Waals surface area contributed by atoms with E-state index >= 15 is 0 Å². The number of rotatable bonds is 4. The van der Waals surface area contributed by atoms with E-state index in [1.165, 1.54) is 25.4 Å². The van der Waals surface area contributed by atoms with Gasteiger partial charge in [-0.1, -0.05) is 23.7 Å². The molecular formula is C17H18ClFN2O2S. The fourth-order valence-electron chi connectivity index (χ4n) is 1.99. The van der Waals surface area contributed by atoms with Gasteiger partial charge in [0.1, 0.15) is 11.5 Å². The van der Waals surface area contributed by atoms with E-state index in [0.717, 1.165) is 11.1 Å². The van der Waals surface area contributed by atoms with Crippen LogP contribution in [0.4, 0.5) is 4.39 Å². The zero-order valence-electron chi connectivity index (χ0n) is 13.8. The predicted molar refractivity (Wildman–Crippen MR) is 97.2 cm³/mol. The third-order valence-corrected chi connectivity index (χ3v) is 4.21. The molecule has 2 aromatic rings. The van der Waals surface area contributed by atoms with Crippen LogP contribution in [-0.2, 0) is 4.74 Å². The highest BCUT2D eigenvalue weighted by molar-refractivity contribution is 8.34. The molecule has 1 aromatic heterocycles. The molecule has 0 saturated carbocycles. The van der Waals surface area contributed by atoms with Crippen molar-refractivity contribution in [3.8, 4) is 0 Å². The van der Waals surface area contributed by atoms with Crippen molar-refractivity contribution in [3.05, 3.63) is 63.8 Å². The van der Waals surface area contributed by atoms with Crippen molar-refractivity contribution in [1.82, 2.24) is 9.97 Å². The molecular weight excluding hydrogens is 351 g/mol. The van der Waals surface area contributed by atoms with Crippen LogP contribution in [-0.4, -0.2) is 41.8 Å². The van der Waals surface area contributed by atoms with E-state index in [1.807, 2.05) is 0 Å². The minimum atomic E-state index is -1.05. The lowest BCUT2D eigenvalue weighted by molar-refractivity contribution is 0.0593. The second kappa shape index (κ2) is 7.32. The minimum Gasteiger partial charge on any atom is -0.464 e. The third kappa shape index (κ3) is 4.55. The monoisotopic (exact) mass is 368 g/mol. The summed E-state index contributed by atoms with van der Waals surface area (Å²) in [5.74, 6) is -0.927. The van der Waals surface area contributed by atoms with Gasteiger partial charge in [-0.05, 0) is 41.9 Å². The molecule has 0 atom stereocenters. The van der Waals surface area contributed by atoms with Crippen molar-refractivity contribution in [1.29, 1.82) is 0 Å². The van der Waals surface area contributed by atoms with E-state index in [0.29, 0.717) is 5.69 Å². The standard InChI is InChI=1S/C17H18ClFN2O2S/c1-23-17(22)14-9-20-15(16(18)21-14)13(10-24(2,3)4)11-5-7-12(19)8-6-11/h5-10H,1-4H3/b13-10+. The molecule has 0 bridgehead atoms. The zero-order valence-corrected chi connectivity index (χ0v) is 15.4. The maximum atomic E-state index is 13.2. The van der Waals surface area contributed by atoms with E-state index in [1.54, 1.807) is 12.1 Å². The second-order valence-electron chi connectivity index (χ2n) is 5.86. The molecule has 7 heteroatoms. The summed E-state index contributed by atoms with van der Waals surface area (Å²) in [7, 11) is 0.211. The number of carbonyl (C=O) groups is 1. The summed E-state index contributed by atoms with van der Waals surface area (Å²) in [6.45, 7) is 0. The molecule has 0 aliphatic rings. The first-order valence-electron chi connectivity index (χ1n) is 6.98. The van der Waals surface area contributed by atoms with Gasteiger partial charge in [-0.2, -0.15) is 0 Å². The number of benzene rings is 1. The number of ether oxygens (including phenoxy) is 1. The van der Waals surface area contributed by atoms with Crippen LogP contribution in [0.2, 0.25) is 5.15 Å². The average molecular weight is 369 g/mol. The van der Waals surface area contributed by atoms with Gasteiger partial charge >= 0.3 is 5.97 Å². The van der Waals surface area contributed by atoms with E-state index in [2.05, 4.69) is 38.9 Å². The van der Waals surface area contributed by atoms with Gasteiger partial charge in [0.05, 0.1) is 13.3 Å². The van der Waals surface area contributed by atoms with Crippen LogP contribution in [0.1, 0.15) is 21.7 Å². The van der Waals surface area contributed by atoms with E-state index in [4.69, 9.17) is 11.6 Å². The van der Waals surface area contributed by atoms with Crippen LogP contribution in [0.25, 0.3) is 5.57 Å². The Hall–Kier alpha value is -1.92. The number of hydrogen-bond donors (Lipinski definition) is 0. The molecule has 0 amide bonds. The molecule has 0 N–H and O–H groups in total. The van der Waals surface area contributed by atoms with Gasteiger partial charge in [0.25, 0.3) is 0 Å². The molecule has 1 heterocycles. The van der Waals surface area contributed by atoms with Crippen molar-refractivity contribution in [3.63, 3.8) is 0 Å². The van der Waals surface area contributed by atoms with Gasteiger partial charge in [-0.3, -0.25) is 4.98 Å². The average Bonchev–Trinajstić information content (AvgIpc) is 2.52. The Bertz CT molecular complexity index is 786. The van der Waals surface area contributed by atoms with Crippen LogP contribution < -0.4 is 0 Å². The highest BCUT2D eigenvalue weighted by atomic mass is 35.5. The van der Waals surface area contributed by atoms with Gasteiger partial charge in [0.2, 0.25) is 0 Å². The first-order chi connectivity index (χ1) is 11.2. The highest BCUT2D eigenvalue weighted by Crippen LogP contribution is 2.42. The van der Waals surface area contributed by atoms with Crippen LogP contribution in [0, 0.1) is 5.82 Å². The minimum absolute atomic E-state index is 0.0350. The normalized spacial score (nSPS) is 12.8. The lowest BCUT2D eigenvalue weighted by Gasteiger charge is -2.22. The summed E-state index contributed by atoms with van der Waals surface area (Å²) in [6, 6.07) is 6.09. The number of carbonyl (C=O) groups excluding carboxylic acids is 1. The first-order valence-corrected chi connectivity index (χ1v) is 10.3. The Morgan fingerprint density at radius 2 is 1.88 bits per heavy atom. The molecule has 1 aromatic carbocycles. The zero-order chi connectivity index (χ0) is 17.9. The van der Waals surface area contributed by atoms with Gasteiger partial charge in [-0.15, -0.1) is 0 Å². The number of nitrogens with zero attached hydrogens (tertiary/aromatic N) is 2. The third-order valence-electron chi connectivity index (χ3n) is 3.01.